The number of hydrogen-bond acceptors (Lipinski definition) is 3. The van der Waals surface area contributed by atoms with Gasteiger partial charge in [0, 0.05) is 26.1 Å². The van der Waals surface area contributed by atoms with E-state index in [1.54, 1.807) is 4.90 Å². The van der Waals surface area contributed by atoms with E-state index in [0.717, 1.165) is 12.7 Å². The standard InChI is InChI=1S/C15H20N2O3S/c1-21(19,20)16-10-7-15(18)17-11-8-14(9-12-17)13-5-3-2-4-6-13/h2-6,8,16H,7,9-12H2,1H3. The molecule has 0 atom stereocenters. The Morgan fingerprint density at radius 2 is 2.00 bits per heavy atom. The number of carbonyl (C=O) groups is 1. The zero-order valence-corrected chi connectivity index (χ0v) is 12.9. The monoisotopic (exact) mass is 308 g/mol. The summed E-state index contributed by atoms with van der Waals surface area (Å²) in [5.74, 6) is -0.0190. The second-order valence-corrected chi connectivity index (χ2v) is 6.93. The highest BCUT2D eigenvalue weighted by Crippen LogP contribution is 2.22. The number of carbonyl (C=O) groups excluding carboxylic acids is 1. The number of hydrogen-bond donors (Lipinski definition) is 1. The van der Waals surface area contributed by atoms with Gasteiger partial charge < -0.3 is 4.90 Å². The summed E-state index contributed by atoms with van der Waals surface area (Å²) in [5.41, 5.74) is 2.46. The third-order valence-electron chi connectivity index (χ3n) is 3.41. The fourth-order valence-electron chi connectivity index (χ4n) is 2.31. The van der Waals surface area contributed by atoms with Crippen molar-refractivity contribution in [3.63, 3.8) is 0 Å². The molecule has 1 aromatic rings. The smallest absolute Gasteiger partial charge is 0.224 e. The molecule has 0 saturated heterocycles. The van der Waals surface area contributed by atoms with Crippen LogP contribution in [0, 0.1) is 0 Å². The molecule has 0 unspecified atom stereocenters. The van der Waals surface area contributed by atoms with Crippen LogP contribution in [-0.2, 0) is 14.8 Å². The van der Waals surface area contributed by atoms with Gasteiger partial charge in [-0.3, -0.25) is 4.79 Å². The predicted octanol–water partition coefficient (Wildman–Crippen LogP) is 1.24. The topological polar surface area (TPSA) is 66.5 Å². The summed E-state index contributed by atoms with van der Waals surface area (Å²) in [4.78, 5) is 13.7. The third kappa shape index (κ3) is 4.99. The van der Waals surface area contributed by atoms with Gasteiger partial charge in [-0.25, -0.2) is 13.1 Å². The van der Waals surface area contributed by atoms with Crippen LogP contribution < -0.4 is 4.72 Å². The third-order valence-corrected chi connectivity index (χ3v) is 4.14. The lowest BCUT2D eigenvalue weighted by atomic mass is 9.99. The van der Waals surface area contributed by atoms with Gasteiger partial charge in [-0.1, -0.05) is 36.4 Å². The molecule has 21 heavy (non-hydrogen) atoms. The van der Waals surface area contributed by atoms with E-state index in [1.807, 2.05) is 18.2 Å². The van der Waals surface area contributed by atoms with Crippen LogP contribution in [0.25, 0.3) is 5.57 Å². The fourth-order valence-corrected chi connectivity index (χ4v) is 2.78. The molecule has 0 aromatic heterocycles. The van der Waals surface area contributed by atoms with Gasteiger partial charge in [-0.05, 0) is 17.6 Å². The van der Waals surface area contributed by atoms with Crippen molar-refractivity contribution in [2.24, 2.45) is 0 Å². The highest BCUT2D eigenvalue weighted by molar-refractivity contribution is 7.88. The molecule has 1 amide bonds. The van der Waals surface area contributed by atoms with Crippen LogP contribution in [0.1, 0.15) is 18.4 Å². The quantitative estimate of drug-likeness (QED) is 0.890. The molecule has 0 radical (unpaired) electrons. The minimum absolute atomic E-state index is 0.0190. The van der Waals surface area contributed by atoms with E-state index in [1.165, 1.54) is 11.1 Å². The molecule has 2 rings (SSSR count). The molecule has 1 heterocycles. The first-order valence-corrected chi connectivity index (χ1v) is 8.82. The summed E-state index contributed by atoms with van der Waals surface area (Å²) in [5, 5.41) is 0. The zero-order chi connectivity index (χ0) is 15.3. The van der Waals surface area contributed by atoms with Gasteiger partial charge in [0.05, 0.1) is 6.26 Å². The van der Waals surface area contributed by atoms with E-state index in [4.69, 9.17) is 0 Å². The molecule has 0 saturated carbocycles. The zero-order valence-electron chi connectivity index (χ0n) is 12.1. The van der Waals surface area contributed by atoms with Gasteiger partial charge in [0.15, 0.2) is 0 Å². The maximum absolute atomic E-state index is 12.0. The predicted molar refractivity (Wildman–Crippen MR) is 83.1 cm³/mol. The minimum Gasteiger partial charge on any atom is -0.339 e. The fraction of sp³-hybridized carbons (Fsp3) is 0.400. The van der Waals surface area contributed by atoms with Crippen LogP contribution in [0.4, 0.5) is 0 Å². The van der Waals surface area contributed by atoms with Crippen LogP contribution in [0.5, 0.6) is 0 Å². The molecule has 0 fully saturated rings. The van der Waals surface area contributed by atoms with Crippen LogP contribution in [0.15, 0.2) is 36.4 Å². The van der Waals surface area contributed by atoms with E-state index in [-0.39, 0.29) is 18.9 Å². The number of nitrogens with one attached hydrogen (secondary N) is 1. The van der Waals surface area contributed by atoms with Crippen molar-refractivity contribution in [3.05, 3.63) is 42.0 Å². The van der Waals surface area contributed by atoms with Crippen molar-refractivity contribution in [1.29, 1.82) is 0 Å². The lowest BCUT2D eigenvalue weighted by Crippen LogP contribution is -2.36. The van der Waals surface area contributed by atoms with Crippen LogP contribution in [-0.4, -0.2) is 45.1 Å². The number of benzene rings is 1. The van der Waals surface area contributed by atoms with E-state index < -0.39 is 10.0 Å². The van der Waals surface area contributed by atoms with Gasteiger partial charge in [-0.2, -0.15) is 0 Å². The molecular weight excluding hydrogens is 288 g/mol. The first-order valence-electron chi connectivity index (χ1n) is 6.92. The second kappa shape index (κ2) is 6.87. The lowest BCUT2D eigenvalue weighted by molar-refractivity contribution is -0.130. The molecule has 1 aliphatic rings. The molecule has 1 N–H and O–H groups in total. The van der Waals surface area contributed by atoms with Gasteiger partial charge in [-0.15, -0.1) is 0 Å². The first kappa shape index (κ1) is 15.7. The summed E-state index contributed by atoms with van der Waals surface area (Å²) in [6.45, 7) is 1.42. The summed E-state index contributed by atoms with van der Waals surface area (Å²) < 4.78 is 24.2. The Morgan fingerprint density at radius 3 is 2.57 bits per heavy atom. The van der Waals surface area contributed by atoms with E-state index >= 15 is 0 Å². The summed E-state index contributed by atoms with van der Waals surface area (Å²) in [6.07, 6.45) is 4.19. The molecule has 0 bridgehead atoms. The van der Waals surface area contributed by atoms with Crippen LogP contribution >= 0.6 is 0 Å². The van der Waals surface area contributed by atoms with Crippen molar-refractivity contribution in [1.82, 2.24) is 9.62 Å². The van der Waals surface area contributed by atoms with Gasteiger partial charge >= 0.3 is 0 Å². The second-order valence-electron chi connectivity index (χ2n) is 5.10. The largest absolute Gasteiger partial charge is 0.339 e. The molecule has 6 heteroatoms. The Hall–Kier alpha value is -1.66. The Morgan fingerprint density at radius 1 is 1.29 bits per heavy atom. The van der Waals surface area contributed by atoms with Crippen LogP contribution in [0.3, 0.4) is 0 Å². The average molecular weight is 308 g/mol. The molecule has 0 aliphatic carbocycles. The number of sulfonamides is 1. The maximum atomic E-state index is 12.0. The average Bonchev–Trinajstić information content (AvgIpc) is 2.47. The number of nitrogens with zero attached hydrogens (tertiary/aromatic N) is 1. The van der Waals surface area contributed by atoms with Gasteiger partial charge in [0.25, 0.3) is 0 Å². The van der Waals surface area contributed by atoms with E-state index in [0.29, 0.717) is 13.1 Å². The Balaban J connectivity index is 1.85. The summed E-state index contributed by atoms with van der Waals surface area (Å²) >= 11 is 0. The van der Waals surface area contributed by atoms with Gasteiger partial charge in [0.1, 0.15) is 0 Å². The van der Waals surface area contributed by atoms with Crippen molar-refractivity contribution < 1.29 is 13.2 Å². The van der Waals surface area contributed by atoms with E-state index in [2.05, 4.69) is 22.9 Å². The lowest BCUT2D eigenvalue weighted by Gasteiger charge is -2.26. The highest BCUT2D eigenvalue weighted by Gasteiger charge is 2.17. The molecule has 1 aromatic carbocycles. The maximum Gasteiger partial charge on any atom is 0.224 e. The summed E-state index contributed by atoms with van der Waals surface area (Å²) in [7, 11) is -3.23. The van der Waals surface area contributed by atoms with Crippen LogP contribution in [0.2, 0.25) is 0 Å². The molecule has 0 spiro atoms. The van der Waals surface area contributed by atoms with Crippen molar-refractivity contribution in [3.8, 4) is 0 Å². The Labute approximate surface area is 125 Å². The number of amides is 1. The van der Waals surface area contributed by atoms with E-state index in [9.17, 15) is 13.2 Å². The molecule has 1 aliphatic heterocycles. The number of rotatable bonds is 5. The minimum atomic E-state index is -3.23. The van der Waals surface area contributed by atoms with Crippen molar-refractivity contribution in [2.45, 2.75) is 12.8 Å². The Kier molecular flexibility index (Phi) is 5.14. The van der Waals surface area contributed by atoms with Crippen molar-refractivity contribution in [2.75, 3.05) is 25.9 Å². The Bertz CT molecular complexity index is 624. The first-order chi connectivity index (χ1) is 9.96. The molecule has 5 nitrogen and oxygen atoms in total. The SMILES string of the molecule is CS(=O)(=O)NCCC(=O)N1CC=C(c2ccccc2)CC1. The van der Waals surface area contributed by atoms with Crippen molar-refractivity contribution >= 4 is 21.5 Å². The molecular formula is C15H20N2O3S. The molecule has 114 valence electrons. The normalized spacial score (nSPS) is 15.7. The van der Waals surface area contributed by atoms with Gasteiger partial charge in [0.2, 0.25) is 15.9 Å². The summed E-state index contributed by atoms with van der Waals surface area (Å²) in [6, 6.07) is 10.1. The highest BCUT2D eigenvalue weighted by atomic mass is 32.2.